The maximum atomic E-state index is 13.1. The second kappa shape index (κ2) is 6.76. The highest BCUT2D eigenvalue weighted by Gasteiger charge is 2.43. The van der Waals surface area contributed by atoms with E-state index in [0.717, 1.165) is 22.1 Å². The summed E-state index contributed by atoms with van der Waals surface area (Å²) in [6, 6.07) is 20.1. The predicted molar refractivity (Wildman–Crippen MR) is 105 cm³/mol. The van der Waals surface area contributed by atoms with Crippen LogP contribution >= 0.6 is 0 Å². The molecular weight excluding hydrogens is 340 g/mol. The Morgan fingerprint density at radius 2 is 1.63 bits per heavy atom. The lowest BCUT2D eigenvalue weighted by Crippen LogP contribution is -2.33. The molecule has 0 spiro atoms. The molecule has 3 aromatic carbocycles. The number of carbonyl (C=O) groups excluding carboxylic acids is 2. The van der Waals surface area contributed by atoms with E-state index in [9.17, 15) is 9.59 Å². The smallest absolute Gasteiger partial charge is 0.332 e. The van der Waals surface area contributed by atoms with Crippen molar-refractivity contribution in [2.75, 3.05) is 12.0 Å². The fraction of sp³-hybridized carbons (Fsp3) is 0.182. The van der Waals surface area contributed by atoms with Crippen LogP contribution in [0, 0.1) is 0 Å². The van der Waals surface area contributed by atoms with E-state index in [4.69, 9.17) is 4.74 Å². The Kier molecular flexibility index (Phi) is 4.28. The summed E-state index contributed by atoms with van der Waals surface area (Å²) >= 11 is 0. The van der Waals surface area contributed by atoms with E-state index in [1.54, 1.807) is 18.9 Å². The summed E-state index contributed by atoms with van der Waals surface area (Å²) in [6.07, 6.45) is 0. The van der Waals surface area contributed by atoms with Crippen LogP contribution in [0.3, 0.4) is 0 Å². The van der Waals surface area contributed by atoms with Gasteiger partial charge in [0.15, 0.2) is 0 Å². The van der Waals surface area contributed by atoms with Gasteiger partial charge in [0.2, 0.25) is 0 Å². The second-order valence-corrected chi connectivity index (χ2v) is 6.61. The summed E-state index contributed by atoms with van der Waals surface area (Å²) < 4.78 is 5.17. The molecule has 5 heteroatoms. The van der Waals surface area contributed by atoms with Crippen molar-refractivity contribution in [2.24, 2.45) is 0 Å². The molecule has 1 aliphatic heterocycles. The van der Waals surface area contributed by atoms with E-state index < -0.39 is 6.04 Å². The molecule has 27 heavy (non-hydrogen) atoms. The maximum absolute atomic E-state index is 13.1. The lowest BCUT2D eigenvalue weighted by molar-refractivity contribution is -0.119. The number of ether oxygens (including phenoxy) is 1. The van der Waals surface area contributed by atoms with Gasteiger partial charge in [0, 0.05) is 11.9 Å². The zero-order valence-corrected chi connectivity index (χ0v) is 15.3. The van der Waals surface area contributed by atoms with Crippen LogP contribution < -0.4 is 9.64 Å². The summed E-state index contributed by atoms with van der Waals surface area (Å²) in [4.78, 5) is 28.9. The fourth-order valence-electron chi connectivity index (χ4n) is 3.47. The van der Waals surface area contributed by atoms with Gasteiger partial charge < -0.3 is 9.64 Å². The first-order valence-electron chi connectivity index (χ1n) is 8.85. The van der Waals surface area contributed by atoms with E-state index in [2.05, 4.69) is 0 Å². The number of anilines is 1. The first-order valence-corrected chi connectivity index (χ1v) is 8.85. The van der Waals surface area contributed by atoms with Gasteiger partial charge in [-0.05, 0) is 36.1 Å². The van der Waals surface area contributed by atoms with Crippen molar-refractivity contribution in [3.63, 3.8) is 0 Å². The molecule has 0 radical (unpaired) electrons. The summed E-state index contributed by atoms with van der Waals surface area (Å²) in [5.74, 6) is 0.554. The van der Waals surface area contributed by atoms with Crippen LogP contribution in [0.1, 0.15) is 12.5 Å². The Morgan fingerprint density at radius 1 is 0.926 bits per heavy atom. The van der Waals surface area contributed by atoms with Crippen LogP contribution in [-0.4, -0.2) is 30.0 Å². The number of imide groups is 1. The van der Waals surface area contributed by atoms with Gasteiger partial charge in [0.25, 0.3) is 5.91 Å². The molecule has 1 saturated heterocycles. The fourth-order valence-corrected chi connectivity index (χ4v) is 3.47. The predicted octanol–water partition coefficient (Wildman–Crippen LogP) is 4.21. The summed E-state index contributed by atoms with van der Waals surface area (Å²) in [6.45, 7) is 2.14. The molecule has 0 saturated carbocycles. The van der Waals surface area contributed by atoms with E-state index in [-0.39, 0.29) is 11.9 Å². The molecule has 1 heterocycles. The van der Waals surface area contributed by atoms with Crippen molar-refractivity contribution in [2.45, 2.75) is 19.5 Å². The zero-order chi connectivity index (χ0) is 19.0. The molecule has 0 N–H and O–H groups in total. The van der Waals surface area contributed by atoms with Crippen molar-refractivity contribution in [3.05, 3.63) is 72.3 Å². The molecule has 0 unspecified atom stereocenters. The monoisotopic (exact) mass is 360 g/mol. The van der Waals surface area contributed by atoms with Gasteiger partial charge in [0.1, 0.15) is 11.8 Å². The van der Waals surface area contributed by atoms with Gasteiger partial charge in [-0.25, -0.2) is 9.69 Å². The molecule has 136 valence electrons. The van der Waals surface area contributed by atoms with Crippen LogP contribution in [0.2, 0.25) is 0 Å². The third-order valence-corrected chi connectivity index (χ3v) is 5.00. The minimum absolute atomic E-state index is 0.204. The minimum atomic E-state index is -0.515. The number of hydrogen-bond donors (Lipinski definition) is 0. The zero-order valence-electron chi connectivity index (χ0n) is 15.3. The Labute approximate surface area is 157 Å². The standard InChI is InChI=1S/C22H20N2O3/c1-15-21(25)24(20-9-5-7-17-6-3-4-8-19(17)20)22(26)23(15)14-16-10-12-18(27-2)13-11-16/h3-13,15H,14H2,1-2H3/t15-/m1/s1. The number of urea groups is 1. The second-order valence-electron chi connectivity index (χ2n) is 6.61. The third kappa shape index (κ3) is 2.91. The number of nitrogens with zero attached hydrogens (tertiary/aromatic N) is 2. The Morgan fingerprint density at radius 3 is 2.37 bits per heavy atom. The number of carbonyl (C=O) groups is 2. The molecule has 1 fully saturated rings. The molecule has 0 aliphatic carbocycles. The largest absolute Gasteiger partial charge is 0.497 e. The molecule has 1 aliphatic rings. The van der Waals surface area contributed by atoms with Gasteiger partial charge in [0.05, 0.1) is 12.8 Å². The van der Waals surface area contributed by atoms with Gasteiger partial charge in [-0.15, -0.1) is 0 Å². The number of rotatable bonds is 4. The Bertz CT molecular complexity index is 1010. The first-order chi connectivity index (χ1) is 13.1. The van der Waals surface area contributed by atoms with Crippen LogP contribution in [0.4, 0.5) is 10.5 Å². The molecule has 4 rings (SSSR count). The average Bonchev–Trinajstić information content (AvgIpc) is 2.91. The average molecular weight is 360 g/mol. The van der Waals surface area contributed by atoms with E-state index >= 15 is 0 Å². The van der Waals surface area contributed by atoms with Crippen molar-refractivity contribution in [1.82, 2.24) is 4.90 Å². The van der Waals surface area contributed by atoms with Crippen LogP contribution in [0.25, 0.3) is 10.8 Å². The summed E-state index contributed by atoms with van der Waals surface area (Å²) in [5.41, 5.74) is 1.58. The van der Waals surface area contributed by atoms with Crippen molar-refractivity contribution in [1.29, 1.82) is 0 Å². The van der Waals surface area contributed by atoms with Crippen LogP contribution in [0.15, 0.2) is 66.7 Å². The van der Waals surface area contributed by atoms with Crippen molar-refractivity contribution in [3.8, 4) is 5.75 Å². The molecule has 5 nitrogen and oxygen atoms in total. The first kappa shape index (κ1) is 17.1. The highest BCUT2D eigenvalue weighted by molar-refractivity contribution is 6.24. The van der Waals surface area contributed by atoms with Crippen LogP contribution in [0.5, 0.6) is 5.75 Å². The number of benzene rings is 3. The third-order valence-electron chi connectivity index (χ3n) is 5.00. The lowest BCUT2D eigenvalue weighted by Gasteiger charge is -2.20. The number of hydrogen-bond acceptors (Lipinski definition) is 3. The number of methoxy groups -OCH3 is 1. The van der Waals surface area contributed by atoms with Gasteiger partial charge in [-0.3, -0.25) is 4.79 Å². The maximum Gasteiger partial charge on any atom is 0.332 e. The SMILES string of the molecule is COc1ccc(CN2C(=O)N(c3cccc4ccccc34)C(=O)[C@H]2C)cc1. The van der Waals surface area contributed by atoms with E-state index in [1.807, 2.05) is 66.7 Å². The summed E-state index contributed by atoms with van der Waals surface area (Å²) in [7, 11) is 1.61. The van der Waals surface area contributed by atoms with Gasteiger partial charge in [-0.2, -0.15) is 0 Å². The summed E-state index contributed by atoms with van der Waals surface area (Å²) in [5, 5.41) is 1.89. The quantitative estimate of drug-likeness (QED) is 0.655. The molecule has 1 atom stereocenters. The number of fused-ring (bicyclic) bond motifs is 1. The highest BCUT2D eigenvalue weighted by Crippen LogP contribution is 2.32. The normalized spacial score (nSPS) is 17.0. The van der Waals surface area contributed by atoms with E-state index in [1.165, 1.54) is 4.90 Å². The molecule has 3 aromatic rings. The molecule has 0 aromatic heterocycles. The lowest BCUT2D eigenvalue weighted by atomic mass is 10.1. The van der Waals surface area contributed by atoms with Crippen molar-refractivity contribution >= 4 is 28.4 Å². The van der Waals surface area contributed by atoms with Crippen molar-refractivity contribution < 1.29 is 14.3 Å². The minimum Gasteiger partial charge on any atom is -0.497 e. The molecular formula is C22H20N2O3. The Balaban J connectivity index is 1.67. The van der Waals surface area contributed by atoms with Gasteiger partial charge in [-0.1, -0.05) is 48.5 Å². The van der Waals surface area contributed by atoms with E-state index in [0.29, 0.717) is 12.2 Å². The highest BCUT2D eigenvalue weighted by atomic mass is 16.5. The topological polar surface area (TPSA) is 49.9 Å². The molecule has 3 amide bonds. The molecule has 0 bridgehead atoms. The van der Waals surface area contributed by atoms with Crippen LogP contribution in [-0.2, 0) is 11.3 Å². The van der Waals surface area contributed by atoms with Gasteiger partial charge >= 0.3 is 6.03 Å². The Hall–Kier alpha value is -3.34. The number of amides is 3.